The molecule has 0 unspecified atom stereocenters. The van der Waals surface area contributed by atoms with Crippen LogP contribution in [0.2, 0.25) is 0 Å². The number of fused-ring (bicyclic) bond motifs is 1. The van der Waals surface area contributed by atoms with Gasteiger partial charge in [-0.05, 0) is 49.4 Å². The quantitative estimate of drug-likeness (QED) is 0.699. The number of pyridine rings is 1. The van der Waals surface area contributed by atoms with Gasteiger partial charge in [-0.15, -0.1) is 0 Å². The first-order valence-electron chi connectivity index (χ1n) is 10.6. The fourth-order valence-corrected chi connectivity index (χ4v) is 4.73. The molecule has 5 heterocycles. The average Bonchev–Trinajstić information content (AvgIpc) is 3.53. The molecule has 0 spiro atoms. The molecule has 30 heavy (non-hydrogen) atoms. The van der Waals surface area contributed by atoms with Crippen molar-refractivity contribution < 1.29 is 14.3 Å². The van der Waals surface area contributed by atoms with Crippen molar-refractivity contribution in [2.24, 2.45) is 5.92 Å². The number of rotatable bonds is 4. The van der Waals surface area contributed by atoms with Crippen molar-refractivity contribution in [1.82, 2.24) is 19.6 Å². The van der Waals surface area contributed by atoms with E-state index in [1.807, 2.05) is 46.0 Å². The van der Waals surface area contributed by atoms with E-state index < -0.39 is 0 Å². The Kier molecular flexibility index (Phi) is 5.04. The number of likely N-dealkylation sites (tertiary alicyclic amines) is 1. The predicted molar refractivity (Wildman–Crippen MR) is 112 cm³/mol. The first-order chi connectivity index (χ1) is 14.7. The third-order valence-electron chi connectivity index (χ3n) is 6.36. The van der Waals surface area contributed by atoms with E-state index in [2.05, 4.69) is 10.3 Å². The normalized spacial score (nSPS) is 22.5. The monoisotopic (exact) mass is 406 g/mol. The Hall–Kier alpha value is -3.06. The van der Waals surface area contributed by atoms with Crippen LogP contribution in [0.25, 0.3) is 5.52 Å². The molecule has 7 heteroatoms. The number of H-pyrrole nitrogens is 1. The number of carbonyl (C=O) groups excluding carboxylic acids is 2. The Labute approximate surface area is 175 Å². The van der Waals surface area contributed by atoms with Gasteiger partial charge in [-0.3, -0.25) is 9.59 Å². The second-order valence-corrected chi connectivity index (χ2v) is 8.19. The Morgan fingerprint density at radius 1 is 1.10 bits per heavy atom. The second kappa shape index (κ2) is 7.99. The van der Waals surface area contributed by atoms with Gasteiger partial charge in [0.05, 0.1) is 23.3 Å². The summed E-state index contributed by atoms with van der Waals surface area (Å²) in [6.07, 6.45) is 9.93. The van der Waals surface area contributed by atoms with Gasteiger partial charge in [0.1, 0.15) is 0 Å². The number of hydrogen-bond acceptors (Lipinski definition) is 3. The number of piperidine rings is 1. The minimum Gasteiger partial charge on any atom is -0.376 e. The van der Waals surface area contributed by atoms with E-state index in [-0.39, 0.29) is 24.0 Å². The van der Waals surface area contributed by atoms with Crippen molar-refractivity contribution in [2.75, 3.05) is 19.7 Å². The van der Waals surface area contributed by atoms with Gasteiger partial charge in [0.2, 0.25) is 0 Å². The number of aromatic amines is 1. The Morgan fingerprint density at radius 2 is 1.97 bits per heavy atom. The highest BCUT2D eigenvalue weighted by molar-refractivity contribution is 5.96. The zero-order valence-corrected chi connectivity index (χ0v) is 16.8. The molecule has 2 N–H and O–H groups in total. The maximum Gasteiger partial charge on any atom is 0.255 e. The van der Waals surface area contributed by atoms with E-state index in [0.717, 1.165) is 30.3 Å². The van der Waals surface area contributed by atoms with Gasteiger partial charge in [0.25, 0.3) is 11.8 Å². The molecule has 2 amide bonds. The number of nitrogens with one attached hydrogen (secondary N) is 2. The van der Waals surface area contributed by atoms with Crippen LogP contribution in [-0.2, 0) is 4.74 Å². The average molecular weight is 406 g/mol. The molecule has 2 saturated heterocycles. The minimum atomic E-state index is -0.0647. The van der Waals surface area contributed by atoms with Crippen LogP contribution in [0.5, 0.6) is 0 Å². The van der Waals surface area contributed by atoms with Crippen molar-refractivity contribution in [3.8, 4) is 0 Å². The standard InChI is InChI=1S/C23H26N4O3/c28-22(17-4-8-24-14-17)25-20-7-12-30-21(20)16-5-10-26(11-6-16)23(29)18-13-19-3-1-2-9-27(19)15-18/h1-4,8-9,13-16,20-21,24H,5-7,10-12H2,(H,25,28)/t20-,21+/m1/s1. The molecule has 3 aromatic rings. The summed E-state index contributed by atoms with van der Waals surface area (Å²) >= 11 is 0. The minimum absolute atomic E-state index is 0.0159. The van der Waals surface area contributed by atoms with E-state index in [0.29, 0.717) is 31.2 Å². The van der Waals surface area contributed by atoms with Crippen molar-refractivity contribution in [2.45, 2.75) is 31.4 Å². The van der Waals surface area contributed by atoms with E-state index >= 15 is 0 Å². The zero-order valence-electron chi connectivity index (χ0n) is 16.8. The van der Waals surface area contributed by atoms with Gasteiger partial charge in [0.15, 0.2) is 0 Å². The summed E-state index contributed by atoms with van der Waals surface area (Å²) in [5.74, 6) is 0.369. The molecule has 2 aliphatic heterocycles. The molecule has 2 atom stereocenters. The number of hydrogen-bond donors (Lipinski definition) is 2. The summed E-state index contributed by atoms with van der Waals surface area (Å²) < 4.78 is 7.99. The van der Waals surface area contributed by atoms with Crippen LogP contribution in [0.4, 0.5) is 0 Å². The SMILES string of the molecule is O=C(N[C@@H]1CCO[C@H]1C1CCN(C(=O)c2cc3ccccn3c2)CC1)c1cc[nH]c1. The van der Waals surface area contributed by atoms with Gasteiger partial charge >= 0.3 is 0 Å². The van der Waals surface area contributed by atoms with Crippen molar-refractivity contribution in [1.29, 1.82) is 0 Å². The lowest BCUT2D eigenvalue weighted by molar-refractivity contribution is 0.0200. The summed E-state index contributed by atoms with van der Waals surface area (Å²) in [5, 5.41) is 3.14. The molecule has 5 rings (SSSR count). The molecule has 2 aliphatic rings. The number of carbonyl (C=O) groups is 2. The molecule has 0 saturated carbocycles. The number of ether oxygens (including phenoxy) is 1. The first-order valence-corrected chi connectivity index (χ1v) is 10.6. The zero-order chi connectivity index (χ0) is 20.5. The van der Waals surface area contributed by atoms with Crippen molar-refractivity contribution in [3.63, 3.8) is 0 Å². The predicted octanol–water partition coefficient (Wildman–Crippen LogP) is 2.71. The van der Waals surface area contributed by atoms with E-state index in [1.54, 1.807) is 18.5 Å². The largest absolute Gasteiger partial charge is 0.376 e. The van der Waals surface area contributed by atoms with Crippen LogP contribution in [0.3, 0.4) is 0 Å². The lowest BCUT2D eigenvalue weighted by atomic mass is 9.87. The van der Waals surface area contributed by atoms with Gasteiger partial charge in [-0.1, -0.05) is 6.07 Å². The highest BCUT2D eigenvalue weighted by Gasteiger charge is 2.38. The lowest BCUT2D eigenvalue weighted by Gasteiger charge is -2.36. The highest BCUT2D eigenvalue weighted by Crippen LogP contribution is 2.30. The van der Waals surface area contributed by atoms with Crippen LogP contribution >= 0.6 is 0 Å². The lowest BCUT2D eigenvalue weighted by Crippen LogP contribution is -2.47. The highest BCUT2D eigenvalue weighted by atomic mass is 16.5. The van der Waals surface area contributed by atoms with Crippen LogP contribution < -0.4 is 5.32 Å². The molecular weight excluding hydrogens is 380 g/mol. The summed E-state index contributed by atoms with van der Waals surface area (Å²) in [6.45, 7) is 2.10. The summed E-state index contributed by atoms with van der Waals surface area (Å²) in [5.41, 5.74) is 2.39. The molecule has 2 fully saturated rings. The van der Waals surface area contributed by atoms with E-state index in [4.69, 9.17) is 4.74 Å². The maximum atomic E-state index is 13.0. The van der Waals surface area contributed by atoms with Gasteiger partial charge in [-0.2, -0.15) is 0 Å². The van der Waals surface area contributed by atoms with E-state index in [9.17, 15) is 9.59 Å². The number of amides is 2. The first kappa shape index (κ1) is 18.9. The van der Waals surface area contributed by atoms with Crippen LogP contribution in [0, 0.1) is 5.92 Å². The molecule has 156 valence electrons. The van der Waals surface area contributed by atoms with Gasteiger partial charge < -0.3 is 24.3 Å². The second-order valence-electron chi connectivity index (χ2n) is 8.19. The Bertz CT molecular complexity index is 1000. The molecule has 0 bridgehead atoms. The van der Waals surface area contributed by atoms with Crippen LogP contribution in [0.1, 0.15) is 40.0 Å². The molecule has 0 aromatic carbocycles. The third kappa shape index (κ3) is 3.61. The van der Waals surface area contributed by atoms with Crippen molar-refractivity contribution >= 4 is 17.3 Å². The molecule has 7 nitrogen and oxygen atoms in total. The van der Waals surface area contributed by atoms with Gasteiger partial charge in [0, 0.05) is 50.0 Å². The summed E-state index contributed by atoms with van der Waals surface area (Å²) in [6, 6.07) is 9.68. The molecular formula is C23H26N4O3. The molecule has 0 aliphatic carbocycles. The molecule has 0 radical (unpaired) electrons. The topological polar surface area (TPSA) is 78.8 Å². The third-order valence-corrected chi connectivity index (χ3v) is 6.36. The number of nitrogens with zero attached hydrogens (tertiary/aromatic N) is 2. The Morgan fingerprint density at radius 3 is 2.73 bits per heavy atom. The number of aromatic nitrogens is 2. The van der Waals surface area contributed by atoms with Gasteiger partial charge in [-0.25, -0.2) is 0 Å². The van der Waals surface area contributed by atoms with Crippen LogP contribution in [0.15, 0.2) is 55.1 Å². The summed E-state index contributed by atoms with van der Waals surface area (Å²) in [7, 11) is 0. The van der Waals surface area contributed by atoms with Crippen molar-refractivity contribution in [3.05, 3.63) is 66.2 Å². The van der Waals surface area contributed by atoms with Crippen LogP contribution in [-0.4, -0.2) is 57.9 Å². The summed E-state index contributed by atoms with van der Waals surface area (Å²) in [4.78, 5) is 30.2. The smallest absolute Gasteiger partial charge is 0.255 e. The fraction of sp³-hybridized carbons (Fsp3) is 0.391. The van der Waals surface area contributed by atoms with E-state index in [1.165, 1.54) is 0 Å². The Balaban J connectivity index is 1.19. The molecule has 3 aromatic heterocycles. The maximum absolute atomic E-state index is 13.0. The fourth-order valence-electron chi connectivity index (χ4n) is 4.73.